The molecule has 132 valence electrons. The molecule has 0 heterocycles. The Bertz CT molecular complexity index is 226. The molecule has 0 aliphatic carbocycles. The lowest BCUT2D eigenvalue weighted by Gasteiger charge is -2.05. The molecule has 0 rings (SSSR count). The predicted octanol–water partition coefficient (Wildman–Crippen LogP) is 6.27. The van der Waals surface area contributed by atoms with Crippen molar-refractivity contribution in [1.29, 1.82) is 0 Å². The zero-order chi connectivity index (χ0) is 16.3. The molecular formula is C20H42N2. The molecule has 0 aliphatic heterocycles. The molecular weight excluding hydrogens is 268 g/mol. The Balaban J connectivity index is 2.95. The van der Waals surface area contributed by atoms with Crippen LogP contribution >= 0.6 is 0 Å². The van der Waals surface area contributed by atoms with Crippen LogP contribution in [0.3, 0.4) is 0 Å². The SMILES string of the molecule is C=C(N)NCCCCCCCCCCCCCCCCCC. The fraction of sp³-hybridized carbons (Fsp3) is 0.900. The van der Waals surface area contributed by atoms with Gasteiger partial charge in [-0.2, -0.15) is 0 Å². The first-order valence-electron chi connectivity index (χ1n) is 9.95. The molecule has 22 heavy (non-hydrogen) atoms. The average Bonchev–Trinajstić information content (AvgIpc) is 2.50. The first-order chi connectivity index (χ1) is 10.8. The van der Waals surface area contributed by atoms with E-state index in [4.69, 9.17) is 5.73 Å². The highest BCUT2D eigenvalue weighted by Crippen LogP contribution is 2.13. The number of rotatable bonds is 18. The van der Waals surface area contributed by atoms with Gasteiger partial charge >= 0.3 is 0 Å². The van der Waals surface area contributed by atoms with Gasteiger partial charge in [0.1, 0.15) is 0 Å². The molecule has 2 heteroatoms. The fourth-order valence-corrected chi connectivity index (χ4v) is 2.92. The molecule has 0 unspecified atom stereocenters. The van der Waals surface area contributed by atoms with E-state index >= 15 is 0 Å². The molecule has 0 amide bonds. The fourth-order valence-electron chi connectivity index (χ4n) is 2.92. The van der Waals surface area contributed by atoms with Crippen LogP contribution in [0.5, 0.6) is 0 Å². The van der Waals surface area contributed by atoms with Crippen molar-refractivity contribution < 1.29 is 0 Å². The topological polar surface area (TPSA) is 38.0 Å². The second-order valence-corrected chi connectivity index (χ2v) is 6.76. The highest BCUT2D eigenvalue weighted by Gasteiger charge is 1.94. The zero-order valence-electron chi connectivity index (χ0n) is 15.3. The van der Waals surface area contributed by atoms with Crippen molar-refractivity contribution in [2.45, 2.75) is 110 Å². The van der Waals surface area contributed by atoms with E-state index in [2.05, 4.69) is 18.8 Å². The Labute approximate surface area is 140 Å². The molecule has 0 saturated heterocycles. The van der Waals surface area contributed by atoms with Crippen LogP contribution in [0.15, 0.2) is 12.4 Å². The molecule has 0 aromatic rings. The van der Waals surface area contributed by atoms with E-state index in [-0.39, 0.29) is 0 Å². The van der Waals surface area contributed by atoms with E-state index in [1.165, 1.54) is 103 Å². The van der Waals surface area contributed by atoms with Crippen LogP contribution in [0, 0.1) is 0 Å². The largest absolute Gasteiger partial charge is 0.386 e. The maximum Gasteiger partial charge on any atom is 0.0885 e. The van der Waals surface area contributed by atoms with E-state index < -0.39 is 0 Å². The van der Waals surface area contributed by atoms with Crippen LogP contribution in [0.25, 0.3) is 0 Å². The van der Waals surface area contributed by atoms with Gasteiger partial charge in [0.05, 0.1) is 5.82 Å². The summed E-state index contributed by atoms with van der Waals surface area (Å²) in [4.78, 5) is 0. The number of hydrogen-bond donors (Lipinski definition) is 2. The maximum absolute atomic E-state index is 5.45. The summed E-state index contributed by atoms with van der Waals surface area (Å²) in [7, 11) is 0. The Morgan fingerprint density at radius 2 is 0.955 bits per heavy atom. The first-order valence-corrected chi connectivity index (χ1v) is 9.95. The highest BCUT2D eigenvalue weighted by atomic mass is 15.0. The van der Waals surface area contributed by atoms with E-state index in [9.17, 15) is 0 Å². The third-order valence-electron chi connectivity index (χ3n) is 4.38. The summed E-state index contributed by atoms with van der Waals surface area (Å²) in [6.07, 6.45) is 22.6. The van der Waals surface area contributed by atoms with E-state index in [0.717, 1.165) is 6.54 Å². The zero-order valence-corrected chi connectivity index (χ0v) is 15.3. The minimum absolute atomic E-state index is 0.598. The van der Waals surface area contributed by atoms with Crippen molar-refractivity contribution >= 4 is 0 Å². The number of unbranched alkanes of at least 4 members (excludes halogenated alkanes) is 15. The summed E-state index contributed by atoms with van der Waals surface area (Å²) in [6, 6.07) is 0. The van der Waals surface area contributed by atoms with Gasteiger partial charge in [0.2, 0.25) is 0 Å². The third-order valence-corrected chi connectivity index (χ3v) is 4.38. The van der Waals surface area contributed by atoms with Gasteiger partial charge in [0.25, 0.3) is 0 Å². The van der Waals surface area contributed by atoms with E-state index in [1.807, 2.05) is 0 Å². The molecule has 0 fully saturated rings. The minimum Gasteiger partial charge on any atom is -0.386 e. The second kappa shape index (κ2) is 18.4. The standard InChI is InChI=1S/C20H42N2/c1-3-4-5-6-7-8-9-10-11-12-13-14-15-16-17-18-19-22-20(2)21/h22H,2-19,21H2,1H3. The van der Waals surface area contributed by atoms with Gasteiger partial charge < -0.3 is 11.1 Å². The molecule has 0 saturated carbocycles. The molecule has 0 atom stereocenters. The van der Waals surface area contributed by atoms with Gasteiger partial charge in [0.15, 0.2) is 0 Å². The van der Waals surface area contributed by atoms with Crippen LogP contribution in [0.2, 0.25) is 0 Å². The first kappa shape index (κ1) is 21.3. The third kappa shape index (κ3) is 19.3. The van der Waals surface area contributed by atoms with Crippen LogP contribution in [0.1, 0.15) is 110 Å². The minimum atomic E-state index is 0.598. The van der Waals surface area contributed by atoms with Gasteiger partial charge in [-0.05, 0) is 6.42 Å². The van der Waals surface area contributed by atoms with Crippen LogP contribution in [0.4, 0.5) is 0 Å². The molecule has 0 radical (unpaired) electrons. The van der Waals surface area contributed by atoms with Crippen molar-refractivity contribution in [1.82, 2.24) is 5.32 Å². The summed E-state index contributed by atoms with van der Waals surface area (Å²) in [6.45, 7) is 6.90. The molecule has 0 aliphatic rings. The molecule has 0 aromatic carbocycles. The van der Waals surface area contributed by atoms with Crippen molar-refractivity contribution in [2.24, 2.45) is 5.73 Å². The average molecular weight is 311 g/mol. The summed E-state index contributed by atoms with van der Waals surface area (Å²) in [5.41, 5.74) is 5.45. The number of nitrogens with two attached hydrogens (primary N) is 1. The van der Waals surface area contributed by atoms with Crippen molar-refractivity contribution in [3.63, 3.8) is 0 Å². The molecule has 2 nitrogen and oxygen atoms in total. The Morgan fingerprint density at radius 3 is 1.27 bits per heavy atom. The predicted molar refractivity (Wildman–Crippen MR) is 101 cm³/mol. The van der Waals surface area contributed by atoms with Gasteiger partial charge in [0, 0.05) is 6.54 Å². The monoisotopic (exact) mass is 310 g/mol. The van der Waals surface area contributed by atoms with Crippen LogP contribution < -0.4 is 11.1 Å². The summed E-state index contributed by atoms with van der Waals surface area (Å²) >= 11 is 0. The van der Waals surface area contributed by atoms with Crippen molar-refractivity contribution in [2.75, 3.05) is 6.54 Å². The Morgan fingerprint density at radius 1 is 0.636 bits per heavy atom. The van der Waals surface area contributed by atoms with Crippen molar-refractivity contribution in [3.8, 4) is 0 Å². The normalized spacial score (nSPS) is 10.8. The number of hydrogen-bond acceptors (Lipinski definition) is 2. The van der Waals surface area contributed by atoms with Gasteiger partial charge in [-0.15, -0.1) is 0 Å². The number of nitrogens with one attached hydrogen (secondary N) is 1. The maximum atomic E-state index is 5.45. The van der Waals surface area contributed by atoms with Crippen molar-refractivity contribution in [3.05, 3.63) is 12.4 Å². The van der Waals surface area contributed by atoms with Crippen LogP contribution in [-0.2, 0) is 0 Å². The molecule has 0 spiro atoms. The van der Waals surface area contributed by atoms with Gasteiger partial charge in [-0.3, -0.25) is 0 Å². The Kier molecular flexibility index (Phi) is 17.8. The lowest BCUT2D eigenvalue weighted by molar-refractivity contribution is 0.528. The summed E-state index contributed by atoms with van der Waals surface area (Å²) in [5, 5.41) is 3.08. The van der Waals surface area contributed by atoms with Gasteiger partial charge in [-0.1, -0.05) is 110 Å². The van der Waals surface area contributed by atoms with E-state index in [1.54, 1.807) is 0 Å². The molecule has 0 bridgehead atoms. The quantitative estimate of drug-likeness (QED) is 0.293. The van der Waals surface area contributed by atoms with Gasteiger partial charge in [-0.25, -0.2) is 0 Å². The lowest BCUT2D eigenvalue weighted by atomic mass is 10.0. The van der Waals surface area contributed by atoms with Crippen LogP contribution in [-0.4, -0.2) is 6.54 Å². The highest BCUT2D eigenvalue weighted by molar-refractivity contribution is 4.81. The Hall–Kier alpha value is -0.660. The smallest absolute Gasteiger partial charge is 0.0885 e. The molecule has 0 aromatic heterocycles. The summed E-state index contributed by atoms with van der Waals surface area (Å²) in [5.74, 6) is 0.598. The lowest BCUT2D eigenvalue weighted by Crippen LogP contribution is -2.19. The summed E-state index contributed by atoms with van der Waals surface area (Å²) < 4.78 is 0. The molecule has 3 N–H and O–H groups in total. The second-order valence-electron chi connectivity index (χ2n) is 6.76. The van der Waals surface area contributed by atoms with E-state index in [0.29, 0.717) is 5.82 Å².